The summed E-state index contributed by atoms with van der Waals surface area (Å²) in [5.41, 5.74) is 8.44. The maximum atomic E-state index is 12.4. The first-order chi connectivity index (χ1) is 15.7. The summed E-state index contributed by atoms with van der Waals surface area (Å²) in [7, 11) is 1.36. The van der Waals surface area contributed by atoms with E-state index in [1.165, 1.54) is 14.0 Å². The maximum absolute atomic E-state index is 12.4. The fourth-order valence-electron chi connectivity index (χ4n) is 3.62. The Labute approximate surface area is 192 Å². The number of benzene rings is 2. The average molecular weight is 447 g/mol. The first-order valence-electron chi connectivity index (χ1n) is 10.3. The van der Waals surface area contributed by atoms with Gasteiger partial charge in [-0.1, -0.05) is 6.07 Å². The number of aromatic nitrogens is 1. The van der Waals surface area contributed by atoms with E-state index in [0.29, 0.717) is 16.8 Å². The highest BCUT2D eigenvalue weighted by Gasteiger charge is 2.16. The van der Waals surface area contributed by atoms with Crippen molar-refractivity contribution in [2.45, 2.75) is 27.7 Å². The number of ether oxygens (including phenoxy) is 1. The van der Waals surface area contributed by atoms with Crippen LogP contribution in [0.15, 0.2) is 53.6 Å². The van der Waals surface area contributed by atoms with E-state index >= 15 is 0 Å². The highest BCUT2D eigenvalue weighted by molar-refractivity contribution is 5.96. The summed E-state index contributed by atoms with van der Waals surface area (Å²) in [5, 5.41) is 6.75. The van der Waals surface area contributed by atoms with Crippen molar-refractivity contribution in [3.05, 3.63) is 82.2 Å². The quantitative estimate of drug-likeness (QED) is 0.340. The predicted molar refractivity (Wildman–Crippen MR) is 127 cm³/mol. The van der Waals surface area contributed by atoms with Crippen LogP contribution in [0.3, 0.4) is 0 Å². The predicted octanol–water partition coefficient (Wildman–Crippen LogP) is 3.91. The lowest BCUT2D eigenvalue weighted by molar-refractivity contribution is -0.114. The Kier molecular flexibility index (Phi) is 7.07. The average Bonchev–Trinajstić information content (AvgIpc) is 3.06. The van der Waals surface area contributed by atoms with Gasteiger partial charge >= 0.3 is 5.97 Å². The van der Waals surface area contributed by atoms with E-state index in [-0.39, 0.29) is 17.8 Å². The van der Waals surface area contributed by atoms with Crippen molar-refractivity contribution in [1.29, 1.82) is 0 Å². The van der Waals surface area contributed by atoms with Crippen molar-refractivity contribution < 1.29 is 19.1 Å². The van der Waals surface area contributed by atoms with Crippen LogP contribution >= 0.6 is 0 Å². The molecule has 0 radical (unpaired) electrons. The summed E-state index contributed by atoms with van der Waals surface area (Å²) in [6.07, 6.45) is 1.59. The van der Waals surface area contributed by atoms with Crippen molar-refractivity contribution in [2.24, 2.45) is 5.10 Å². The van der Waals surface area contributed by atoms with E-state index < -0.39 is 0 Å². The van der Waals surface area contributed by atoms with Gasteiger partial charge in [0.15, 0.2) is 0 Å². The number of aryl methyl sites for hydroxylation is 1. The normalized spacial score (nSPS) is 10.8. The third-order valence-electron chi connectivity index (χ3n) is 5.26. The molecule has 2 amide bonds. The summed E-state index contributed by atoms with van der Waals surface area (Å²) >= 11 is 0. The van der Waals surface area contributed by atoms with Gasteiger partial charge in [0.05, 0.1) is 18.9 Å². The van der Waals surface area contributed by atoms with E-state index in [9.17, 15) is 14.4 Å². The van der Waals surface area contributed by atoms with Crippen molar-refractivity contribution in [2.75, 3.05) is 12.4 Å². The lowest BCUT2D eigenvalue weighted by Crippen LogP contribution is -2.17. The Morgan fingerprint density at radius 1 is 1.03 bits per heavy atom. The van der Waals surface area contributed by atoms with Crippen molar-refractivity contribution in [3.8, 4) is 5.69 Å². The number of hydrogen-bond acceptors (Lipinski definition) is 5. The van der Waals surface area contributed by atoms with Crippen LogP contribution < -0.4 is 10.7 Å². The van der Waals surface area contributed by atoms with E-state index in [0.717, 1.165) is 28.2 Å². The van der Waals surface area contributed by atoms with Gasteiger partial charge < -0.3 is 14.6 Å². The van der Waals surface area contributed by atoms with Gasteiger partial charge in [0, 0.05) is 40.8 Å². The smallest absolute Gasteiger partial charge is 0.338 e. The van der Waals surface area contributed by atoms with Gasteiger partial charge in [0.1, 0.15) is 0 Å². The van der Waals surface area contributed by atoms with E-state index in [1.807, 2.05) is 43.5 Å². The Balaban J connectivity index is 1.79. The van der Waals surface area contributed by atoms with Gasteiger partial charge in [-0.05, 0) is 68.8 Å². The minimum atomic E-state index is -0.383. The molecule has 8 nitrogen and oxygen atoms in total. The number of rotatable bonds is 6. The molecule has 0 fully saturated rings. The molecule has 3 aromatic rings. The highest BCUT2D eigenvalue weighted by atomic mass is 16.5. The number of nitrogens with zero attached hydrogens (tertiary/aromatic N) is 2. The summed E-state index contributed by atoms with van der Waals surface area (Å²) in [5.74, 6) is -0.927. The molecule has 170 valence electrons. The number of methoxy groups -OCH3 is 1. The fraction of sp³-hybridized carbons (Fsp3) is 0.200. The second-order valence-corrected chi connectivity index (χ2v) is 7.56. The zero-order valence-electron chi connectivity index (χ0n) is 19.2. The number of nitrogens with one attached hydrogen (secondary N) is 2. The van der Waals surface area contributed by atoms with Crippen LogP contribution in [0.25, 0.3) is 5.69 Å². The van der Waals surface area contributed by atoms with Crippen molar-refractivity contribution >= 4 is 29.7 Å². The van der Waals surface area contributed by atoms with Crippen LogP contribution in [-0.4, -0.2) is 35.7 Å². The standard InChI is InChI=1S/C25H26N4O4/c1-15-13-20(14-26-28-24(31)19-9-11-21(12-10-19)27-18(4)30)17(3)29(15)23-8-6-7-22(16(23)2)25(32)33-5/h6-14H,1-5H3,(H,27,30)(H,28,31). The van der Waals surface area contributed by atoms with Gasteiger partial charge in [-0.25, -0.2) is 10.2 Å². The molecular weight excluding hydrogens is 420 g/mol. The first-order valence-corrected chi connectivity index (χ1v) is 10.3. The molecule has 2 aromatic carbocycles. The lowest BCUT2D eigenvalue weighted by Gasteiger charge is -2.15. The first kappa shape index (κ1) is 23.5. The molecule has 1 aromatic heterocycles. The SMILES string of the molecule is COC(=O)c1cccc(-n2c(C)cc(C=NNC(=O)c3ccc(NC(C)=O)cc3)c2C)c1C. The molecule has 0 spiro atoms. The Hall–Kier alpha value is -4.20. The van der Waals surface area contributed by atoms with Gasteiger partial charge in [-0.15, -0.1) is 0 Å². The van der Waals surface area contributed by atoms with E-state index in [1.54, 1.807) is 36.5 Å². The monoisotopic (exact) mass is 446 g/mol. The molecular formula is C25H26N4O4. The number of anilines is 1. The number of carbonyl (C=O) groups is 3. The molecule has 0 saturated heterocycles. The maximum Gasteiger partial charge on any atom is 0.338 e. The van der Waals surface area contributed by atoms with Crippen LogP contribution in [0, 0.1) is 20.8 Å². The van der Waals surface area contributed by atoms with Gasteiger partial charge in [-0.2, -0.15) is 5.10 Å². The van der Waals surface area contributed by atoms with Crippen LogP contribution in [0.5, 0.6) is 0 Å². The summed E-state index contributed by atoms with van der Waals surface area (Å²) in [4.78, 5) is 35.5. The number of carbonyl (C=O) groups excluding carboxylic acids is 3. The molecule has 0 unspecified atom stereocenters. The third-order valence-corrected chi connectivity index (χ3v) is 5.26. The van der Waals surface area contributed by atoms with E-state index in [2.05, 4.69) is 15.8 Å². The number of esters is 1. The lowest BCUT2D eigenvalue weighted by atomic mass is 10.1. The minimum Gasteiger partial charge on any atom is -0.465 e. The molecule has 0 saturated carbocycles. The van der Waals surface area contributed by atoms with Crippen molar-refractivity contribution in [1.82, 2.24) is 9.99 Å². The second kappa shape index (κ2) is 9.95. The Morgan fingerprint density at radius 2 is 1.73 bits per heavy atom. The molecule has 0 atom stereocenters. The van der Waals surface area contributed by atoms with Crippen LogP contribution in [0.1, 0.15) is 50.2 Å². The third kappa shape index (κ3) is 5.17. The minimum absolute atomic E-state index is 0.179. The largest absolute Gasteiger partial charge is 0.465 e. The van der Waals surface area contributed by atoms with Gasteiger partial charge in [0.2, 0.25) is 5.91 Å². The molecule has 0 aliphatic rings. The molecule has 2 N–H and O–H groups in total. The molecule has 0 aliphatic carbocycles. The molecule has 3 rings (SSSR count). The summed E-state index contributed by atoms with van der Waals surface area (Å²) < 4.78 is 6.91. The zero-order chi connectivity index (χ0) is 24.1. The number of hydrazone groups is 1. The number of hydrogen-bond donors (Lipinski definition) is 2. The molecule has 33 heavy (non-hydrogen) atoms. The summed E-state index contributed by atoms with van der Waals surface area (Å²) in [6.45, 7) is 7.21. The fourth-order valence-corrected chi connectivity index (χ4v) is 3.62. The Morgan fingerprint density at radius 3 is 2.36 bits per heavy atom. The van der Waals surface area contributed by atoms with Crippen LogP contribution in [0.4, 0.5) is 5.69 Å². The topological polar surface area (TPSA) is 102 Å². The molecule has 0 aliphatic heterocycles. The van der Waals surface area contributed by atoms with Gasteiger partial charge in [0.25, 0.3) is 5.91 Å². The summed E-state index contributed by atoms with van der Waals surface area (Å²) in [6, 6.07) is 14.0. The molecule has 1 heterocycles. The zero-order valence-corrected chi connectivity index (χ0v) is 19.2. The van der Waals surface area contributed by atoms with Crippen LogP contribution in [0.2, 0.25) is 0 Å². The number of amides is 2. The highest BCUT2D eigenvalue weighted by Crippen LogP contribution is 2.25. The molecule has 0 bridgehead atoms. The molecule has 8 heteroatoms. The second-order valence-electron chi connectivity index (χ2n) is 7.56. The van der Waals surface area contributed by atoms with Crippen LogP contribution in [-0.2, 0) is 9.53 Å². The Bertz CT molecular complexity index is 1240. The van der Waals surface area contributed by atoms with Gasteiger partial charge in [-0.3, -0.25) is 9.59 Å². The van der Waals surface area contributed by atoms with Crippen molar-refractivity contribution in [3.63, 3.8) is 0 Å². The van der Waals surface area contributed by atoms with E-state index in [4.69, 9.17) is 4.74 Å².